The zero-order chi connectivity index (χ0) is 15.5. The fourth-order valence-electron chi connectivity index (χ4n) is 2.79. The second kappa shape index (κ2) is 6.67. The van der Waals surface area contributed by atoms with Crippen LogP contribution in [0, 0.1) is 11.3 Å². The molecule has 4 nitrogen and oxygen atoms in total. The lowest BCUT2D eigenvalue weighted by Crippen LogP contribution is -2.42. The second-order valence-electron chi connectivity index (χ2n) is 5.77. The highest BCUT2D eigenvalue weighted by Gasteiger charge is 2.44. The molecule has 1 atom stereocenters. The molecule has 0 aliphatic carbocycles. The van der Waals surface area contributed by atoms with E-state index in [4.69, 9.17) is 16.3 Å². The van der Waals surface area contributed by atoms with Crippen LogP contribution in [0.25, 0.3) is 0 Å². The third-order valence-electron chi connectivity index (χ3n) is 4.24. The summed E-state index contributed by atoms with van der Waals surface area (Å²) >= 11 is 6.04. The molecule has 116 valence electrons. The second-order valence-corrected chi connectivity index (χ2v) is 6.20. The summed E-state index contributed by atoms with van der Waals surface area (Å²) in [7, 11) is 0. The Balaban J connectivity index is 2.24. The molecular formula is C16H23ClN2O2. The summed E-state index contributed by atoms with van der Waals surface area (Å²) in [5, 5.41) is 6.89. The fraction of sp³-hybridized carbons (Fsp3) is 0.562. The van der Waals surface area contributed by atoms with Crippen LogP contribution >= 0.6 is 11.6 Å². The molecule has 21 heavy (non-hydrogen) atoms. The predicted molar refractivity (Wildman–Crippen MR) is 86.0 cm³/mol. The molecule has 1 aromatic rings. The number of hydrogen-bond acceptors (Lipinski definition) is 3. The Kier molecular flexibility index (Phi) is 5.12. The average molecular weight is 311 g/mol. The van der Waals surface area contributed by atoms with Crippen molar-refractivity contribution in [3.8, 4) is 5.75 Å². The third-order valence-corrected chi connectivity index (χ3v) is 4.47. The molecule has 1 heterocycles. The summed E-state index contributed by atoms with van der Waals surface area (Å²) in [6, 6.07) is 5.29. The third kappa shape index (κ3) is 3.33. The number of anilines is 1. The van der Waals surface area contributed by atoms with Gasteiger partial charge >= 0.3 is 0 Å². The van der Waals surface area contributed by atoms with Gasteiger partial charge < -0.3 is 15.4 Å². The number of benzene rings is 1. The number of amides is 1. The van der Waals surface area contributed by atoms with Crippen LogP contribution in [0.15, 0.2) is 18.2 Å². The molecule has 5 heteroatoms. The van der Waals surface area contributed by atoms with Crippen molar-refractivity contribution in [2.24, 2.45) is 11.3 Å². The fourth-order valence-corrected chi connectivity index (χ4v) is 2.96. The molecule has 0 bridgehead atoms. The van der Waals surface area contributed by atoms with Crippen LogP contribution in [-0.4, -0.2) is 25.6 Å². The van der Waals surface area contributed by atoms with Gasteiger partial charge in [0, 0.05) is 11.6 Å². The molecule has 2 N–H and O–H groups in total. The molecule has 2 rings (SSSR count). The first-order chi connectivity index (χ1) is 9.99. The smallest absolute Gasteiger partial charge is 0.232 e. The molecular weight excluding hydrogens is 288 g/mol. The van der Waals surface area contributed by atoms with E-state index in [2.05, 4.69) is 24.5 Å². The van der Waals surface area contributed by atoms with Crippen molar-refractivity contribution in [2.45, 2.75) is 27.2 Å². The number of halogens is 1. The van der Waals surface area contributed by atoms with Crippen LogP contribution in [0.2, 0.25) is 5.02 Å². The van der Waals surface area contributed by atoms with Crippen LogP contribution in [0.5, 0.6) is 5.75 Å². The quantitative estimate of drug-likeness (QED) is 0.877. The molecule has 1 saturated heterocycles. The van der Waals surface area contributed by atoms with E-state index < -0.39 is 0 Å². The maximum Gasteiger partial charge on any atom is 0.232 e. The summed E-state index contributed by atoms with van der Waals surface area (Å²) in [5.41, 5.74) is 0.271. The first-order valence-electron chi connectivity index (χ1n) is 7.44. The lowest BCUT2D eigenvalue weighted by Gasteiger charge is -2.31. The molecule has 1 aliphatic rings. The standard InChI is InChI=1S/C16H23ClN2O2/c1-4-21-14-6-5-12(17)9-13(14)19-15(20)16(11(2)3)7-8-18-10-16/h5-6,9,11,18H,4,7-8,10H2,1-3H3,(H,19,20). The van der Waals surface area contributed by atoms with Gasteiger partial charge in [-0.2, -0.15) is 0 Å². The van der Waals surface area contributed by atoms with Gasteiger partial charge in [-0.15, -0.1) is 0 Å². The lowest BCUT2D eigenvalue weighted by molar-refractivity contribution is -0.126. The van der Waals surface area contributed by atoms with Crippen LogP contribution in [0.1, 0.15) is 27.2 Å². The van der Waals surface area contributed by atoms with Crippen LogP contribution in [0.4, 0.5) is 5.69 Å². The highest BCUT2D eigenvalue weighted by atomic mass is 35.5. The number of carbonyl (C=O) groups excluding carboxylic acids is 1. The van der Waals surface area contributed by atoms with E-state index in [-0.39, 0.29) is 17.2 Å². The van der Waals surface area contributed by atoms with E-state index >= 15 is 0 Å². The predicted octanol–water partition coefficient (Wildman–Crippen LogP) is 3.31. The van der Waals surface area contributed by atoms with Crippen molar-refractivity contribution in [3.05, 3.63) is 23.2 Å². The number of nitrogens with one attached hydrogen (secondary N) is 2. The molecule has 0 spiro atoms. The minimum atomic E-state index is -0.369. The summed E-state index contributed by atoms with van der Waals surface area (Å²) in [6.45, 7) is 8.22. The number of rotatable bonds is 5. The summed E-state index contributed by atoms with van der Waals surface area (Å²) in [5.74, 6) is 0.952. The molecule has 0 saturated carbocycles. The molecule has 0 aromatic heterocycles. The maximum atomic E-state index is 12.8. The average Bonchev–Trinajstić information content (AvgIpc) is 2.93. The minimum Gasteiger partial charge on any atom is -0.492 e. The minimum absolute atomic E-state index is 0.0331. The van der Waals surface area contributed by atoms with Crippen LogP contribution in [0.3, 0.4) is 0 Å². The monoisotopic (exact) mass is 310 g/mol. The van der Waals surface area contributed by atoms with E-state index in [1.54, 1.807) is 18.2 Å². The SMILES string of the molecule is CCOc1ccc(Cl)cc1NC(=O)C1(C(C)C)CCNC1. The van der Waals surface area contributed by atoms with E-state index in [0.717, 1.165) is 13.0 Å². The van der Waals surface area contributed by atoms with Crippen molar-refractivity contribution in [2.75, 3.05) is 25.0 Å². The van der Waals surface area contributed by atoms with Crippen molar-refractivity contribution in [3.63, 3.8) is 0 Å². The van der Waals surface area contributed by atoms with Gasteiger partial charge in [-0.3, -0.25) is 4.79 Å². The van der Waals surface area contributed by atoms with Gasteiger partial charge in [0.05, 0.1) is 17.7 Å². The van der Waals surface area contributed by atoms with Gasteiger partial charge in [-0.1, -0.05) is 25.4 Å². The Hall–Kier alpha value is -1.26. The van der Waals surface area contributed by atoms with E-state index in [9.17, 15) is 4.79 Å². The van der Waals surface area contributed by atoms with Gasteiger partial charge in [0.25, 0.3) is 0 Å². The zero-order valence-electron chi connectivity index (χ0n) is 12.8. The van der Waals surface area contributed by atoms with Gasteiger partial charge in [0.1, 0.15) is 5.75 Å². The van der Waals surface area contributed by atoms with Crippen molar-refractivity contribution < 1.29 is 9.53 Å². The largest absolute Gasteiger partial charge is 0.492 e. The van der Waals surface area contributed by atoms with Crippen molar-refractivity contribution in [1.29, 1.82) is 0 Å². The molecule has 1 fully saturated rings. The van der Waals surface area contributed by atoms with E-state index in [1.807, 2.05) is 6.92 Å². The molecule has 1 amide bonds. The van der Waals surface area contributed by atoms with Gasteiger partial charge in [0.15, 0.2) is 0 Å². The summed E-state index contributed by atoms with van der Waals surface area (Å²) < 4.78 is 5.56. The molecule has 1 aliphatic heterocycles. The Morgan fingerprint density at radius 2 is 2.29 bits per heavy atom. The molecule has 0 radical (unpaired) electrons. The first-order valence-corrected chi connectivity index (χ1v) is 7.82. The molecule has 1 unspecified atom stereocenters. The van der Waals surface area contributed by atoms with Crippen LogP contribution in [-0.2, 0) is 4.79 Å². The summed E-state index contributed by atoms with van der Waals surface area (Å²) in [6.07, 6.45) is 0.848. The van der Waals surface area contributed by atoms with Gasteiger partial charge in [-0.25, -0.2) is 0 Å². The van der Waals surface area contributed by atoms with Crippen molar-refractivity contribution in [1.82, 2.24) is 5.32 Å². The van der Waals surface area contributed by atoms with Crippen LogP contribution < -0.4 is 15.4 Å². The number of hydrogen-bond donors (Lipinski definition) is 2. The number of carbonyl (C=O) groups is 1. The van der Waals surface area contributed by atoms with E-state index in [1.165, 1.54) is 0 Å². The highest BCUT2D eigenvalue weighted by Crippen LogP contribution is 2.37. The van der Waals surface area contributed by atoms with Gasteiger partial charge in [-0.05, 0) is 44.0 Å². The van der Waals surface area contributed by atoms with Crippen molar-refractivity contribution >= 4 is 23.2 Å². The topological polar surface area (TPSA) is 50.4 Å². The van der Waals surface area contributed by atoms with Gasteiger partial charge in [0.2, 0.25) is 5.91 Å². The first kappa shape index (κ1) is 16.1. The normalized spacial score (nSPS) is 21.6. The Morgan fingerprint density at radius 3 is 2.86 bits per heavy atom. The molecule has 1 aromatic carbocycles. The highest BCUT2D eigenvalue weighted by molar-refractivity contribution is 6.31. The summed E-state index contributed by atoms with van der Waals surface area (Å²) in [4.78, 5) is 12.8. The number of ether oxygens (including phenoxy) is 1. The Morgan fingerprint density at radius 1 is 1.52 bits per heavy atom. The zero-order valence-corrected chi connectivity index (χ0v) is 13.6. The lowest BCUT2D eigenvalue weighted by atomic mass is 9.75. The Labute approximate surface area is 131 Å². The Bertz CT molecular complexity index is 511. The maximum absolute atomic E-state index is 12.8. The van der Waals surface area contributed by atoms with E-state index in [0.29, 0.717) is 29.6 Å².